The van der Waals surface area contributed by atoms with Gasteiger partial charge in [-0.3, -0.25) is 10.1 Å². The Kier molecular flexibility index (Phi) is 5.71. The van der Waals surface area contributed by atoms with Crippen LogP contribution in [-0.4, -0.2) is 40.7 Å². The number of rotatable bonds is 7. The summed E-state index contributed by atoms with van der Waals surface area (Å²) in [6.45, 7) is 0.186. The van der Waals surface area contributed by atoms with Crippen LogP contribution in [0.1, 0.15) is 40.4 Å². The number of nitrogens with one attached hydrogen (secondary N) is 2. The molecule has 2 aromatic carbocycles. The van der Waals surface area contributed by atoms with Gasteiger partial charge in [0.05, 0.1) is 11.9 Å². The Morgan fingerprint density at radius 3 is 2.18 bits per heavy atom. The average Bonchev–Trinajstić information content (AvgIpc) is 3.63. The maximum atomic E-state index is 12.4. The van der Waals surface area contributed by atoms with Crippen molar-refractivity contribution in [1.29, 1.82) is 0 Å². The Labute approximate surface area is 196 Å². The Hall–Kier alpha value is -4.20. The van der Waals surface area contributed by atoms with Crippen molar-refractivity contribution >= 4 is 23.7 Å². The molecule has 5 rings (SSSR count). The molecule has 1 saturated carbocycles. The minimum Gasteiger partial charge on any atom is -0.480 e. The lowest BCUT2D eigenvalue weighted by atomic mass is 9.98. The molecule has 2 aliphatic rings. The number of aromatic nitrogens is 1. The third kappa shape index (κ3) is 4.34. The number of pyridine rings is 1. The number of hydrogen-bond acceptors (Lipinski definition) is 5. The van der Waals surface area contributed by atoms with E-state index in [1.807, 2.05) is 36.4 Å². The number of carboxylic acids is 1. The van der Waals surface area contributed by atoms with E-state index in [1.54, 1.807) is 0 Å². The lowest BCUT2D eigenvalue weighted by molar-refractivity contribution is -0.139. The van der Waals surface area contributed by atoms with Gasteiger partial charge in [0.2, 0.25) is 0 Å². The summed E-state index contributed by atoms with van der Waals surface area (Å²) >= 11 is 0. The number of fused-ring (bicyclic) bond motifs is 3. The molecule has 8 nitrogen and oxygen atoms in total. The van der Waals surface area contributed by atoms with Crippen LogP contribution in [-0.2, 0) is 9.53 Å². The van der Waals surface area contributed by atoms with Gasteiger partial charge in [-0.2, -0.15) is 0 Å². The molecule has 8 heteroatoms. The molecule has 1 atom stereocenters. The van der Waals surface area contributed by atoms with E-state index in [9.17, 15) is 19.5 Å². The van der Waals surface area contributed by atoms with Gasteiger partial charge in [0.15, 0.2) is 0 Å². The molecule has 2 amide bonds. The maximum Gasteiger partial charge on any atom is 0.411 e. The van der Waals surface area contributed by atoms with E-state index in [4.69, 9.17) is 4.74 Å². The molecular formula is C26H23N3O5. The molecule has 1 unspecified atom stereocenters. The highest BCUT2D eigenvalue weighted by Gasteiger charge is 2.37. The first-order valence-electron chi connectivity index (χ1n) is 11.1. The number of nitrogens with zero attached hydrogens (tertiary/aromatic N) is 1. The predicted octanol–water partition coefficient (Wildman–Crippen LogP) is 4.04. The Morgan fingerprint density at radius 2 is 1.62 bits per heavy atom. The van der Waals surface area contributed by atoms with Crippen LogP contribution in [0.3, 0.4) is 0 Å². The molecule has 0 radical (unpaired) electrons. The zero-order chi connectivity index (χ0) is 23.7. The van der Waals surface area contributed by atoms with Gasteiger partial charge in [-0.25, -0.2) is 14.6 Å². The quantitative estimate of drug-likeness (QED) is 0.493. The van der Waals surface area contributed by atoms with Crippen molar-refractivity contribution in [2.75, 3.05) is 11.9 Å². The van der Waals surface area contributed by atoms with E-state index >= 15 is 0 Å². The van der Waals surface area contributed by atoms with E-state index in [0.717, 1.165) is 35.1 Å². The molecule has 1 heterocycles. The second-order valence-corrected chi connectivity index (χ2v) is 8.51. The zero-order valence-corrected chi connectivity index (χ0v) is 18.2. The summed E-state index contributed by atoms with van der Waals surface area (Å²) in [4.78, 5) is 40.1. The lowest BCUT2D eigenvalue weighted by Crippen LogP contribution is -2.42. The molecule has 2 aliphatic carbocycles. The van der Waals surface area contributed by atoms with Crippen LogP contribution in [0, 0.1) is 5.92 Å². The van der Waals surface area contributed by atoms with Gasteiger partial charge >= 0.3 is 12.1 Å². The number of amides is 2. The summed E-state index contributed by atoms with van der Waals surface area (Å²) in [5.41, 5.74) is 4.99. The van der Waals surface area contributed by atoms with Gasteiger partial charge in [-0.15, -0.1) is 0 Å². The molecule has 1 fully saturated rings. The van der Waals surface area contributed by atoms with Crippen molar-refractivity contribution in [2.45, 2.75) is 24.8 Å². The number of benzene rings is 2. The van der Waals surface area contributed by atoms with Crippen molar-refractivity contribution in [3.8, 4) is 11.1 Å². The molecule has 0 bridgehead atoms. The van der Waals surface area contributed by atoms with E-state index < -0.39 is 24.0 Å². The van der Waals surface area contributed by atoms with Crippen LogP contribution < -0.4 is 10.6 Å². The van der Waals surface area contributed by atoms with Crippen LogP contribution >= 0.6 is 0 Å². The molecular weight excluding hydrogens is 434 g/mol. The molecule has 1 aromatic heterocycles. The van der Waals surface area contributed by atoms with Crippen molar-refractivity contribution < 1.29 is 24.2 Å². The standard InChI is InChI=1S/C26H23N3O5/c30-24(29-23(25(31)32)15-9-10-15)22-12-11-16(13-27-22)28-26(33)34-14-21-19-7-3-1-5-17(19)18-6-2-4-8-20(18)21/h1-8,11-13,15,21,23H,9-10,14H2,(H,28,33)(H,29,30)(H,31,32). The third-order valence-electron chi connectivity index (χ3n) is 6.23. The molecule has 34 heavy (non-hydrogen) atoms. The second-order valence-electron chi connectivity index (χ2n) is 8.51. The first-order chi connectivity index (χ1) is 16.5. The number of anilines is 1. The first-order valence-corrected chi connectivity index (χ1v) is 11.1. The van der Waals surface area contributed by atoms with Crippen molar-refractivity contribution in [2.24, 2.45) is 5.92 Å². The lowest BCUT2D eigenvalue weighted by Gasteiger charge is -2.15. The third-order valence-corrected chi connectivity index (χ3v) is 6.23. The number of carboxylic acid groups (broad SMARTS) is 1. The fourth-order valence-electron chi connectivity index (χ4n) is 4.38. The van der Waals surface area contributed by atoms with Gasteiger partial charge in [0, 0.05) is 5.92 Å². The summed E-state index contributed by atoms with van der Waals surface area (Å²) in [7, 11) is 0. The molecule has 3 N–H and O–H groups in total. The molecule has 0 spiro atoms. The molecule has 172 valence electrons. The second kappa shape index (κ2) is 8.97. The Bertz CT molecular complexity index is 1210. The van der Waals surface area contributed by atoms with Crippen molar-refractivity contribution in [3.63, 3.8) is 0 Å². The van der Waals surface area contributed by atoms with Crippen molar-refractivity contribution in [1.82, 2.24) is 10.3 Å². The number of ether oxygens (including phenoxy) is 1. The van der Waals surface area contributed by atoms with Crippen LogP contribution in [0.5, 0.6) is 0 Å². The fourth-order valence-corrected chi connectivity index (χ4v) is 4.38. The van der Waals surface area contributed by atoms with Crippen LogP contribution in [0.2, 0.25) is 0 Å². The highest BCUT2D eigenvalue weighted by molar-refractivity contribution is 5.95. The minimum atomic E-state index is -1.05. The SMILES string of the molecule is O=C(Nc1ccc(C(=O)NC(C(=O)O)C2CC2)nc1)OCC1c2ccccc2-c2ccccc21. The summed E-state index contributed by atoms with van der Waals surface area (Å²) in [5, 5.41) is 14.4. The van der Waals surface area contributed by atoms with Gasteiger partial charge in [0.1, 0.15) is 18.3 Å². The zero-order valence-electron chi connectivity index (χ0n) is 18.2. The largest absolute Gasteiger partial charge is 0.480 e. The number of aliphatic carboxylic acids is 1. The average molecular weight is 457 g/mol. The van der Waals surface area contributed by atoms with Gasteiger partial charge in [-0.05, 0) is 53.1 Å². The van der Waals surface area contributed by atoms with Crippen LogP contribution in [0.25, 0.3) is 11.1 Å². The van der Waals surface area contributed by atoms with Gasteiger partial charge in [0.25, 0.3) is 5.91 Å². The van der Waals surface area contributed by atoms with E-state index in [1.165, 1.54) is 18.3 Å². The highest BCUT2D eigenvalue weighted by Crippen LogP contribution is 2.44. The predicted molar refractivity (Wildman–Crippen MR) is 125 cm³/mol. The van der Waals surface area contributed by atoms with Gasteiger partial charge in [-0.1, -0.05) is 48.5 Å². The molecule has 0 aliphatic heterocycles. The summed E-state index contributed by atoms with van der Waals surface area (Å²) in [5.74, 6) is -1.69. The molecule has 0 saturated heterocycles. The Balaban J connectivity index is 1.19. The highest BCUT2D eigenvalue weighted by atomic mass is 16.5. The number of carbonyl (C=O) groups is 3. The van der Waals surface area contributed by atoms with Crippen molar-refractivity contribution in [3.05, 3.63) is 83.7 Å². The van der Waals surface area contributed by atoms with E-state index in [0.29, 0.717) is 5.69 Å². The van der Waals surface area contributed by atoms with Crippen LogP contribution in [0.15, 0.2) is 66.9 Å². The normalized spacial score (nSPS) is 15.1. The number of carbonyl (C=O) groups excluding carboxylic acids is 2. The summed E-state index contributed by atoms with van der Waals surface area (Å²) in [6, 6.07) is 18.2. The first kappa shape index (κ1) is 21.6. The van der Waals surface area contributed by atoms with Gasteiger partial charge < -0.3 is 15.2 Å². The Morgan fingerprint density at radius 1 is 0.971 bits per heavy atom. The van der Waals surface area contributed by atoms with Crippen LogP contribution in [0.4, 0.5) is 10.5 Å². The fraction of sp³-hybridized carbons (Fsp3) is 0.231. The molecule has 3 aromatic rings. The monoisotopic (exact) mass is 457 g/mol. The summed E-state index contributed by atoms with van der Waals surface area (Å²) in [6.07, 6.45) is 2.28. The van der Waals surface area contributed by atoms with E-state index in [2.05, 4.69) is 27.8 Å². The maximum absolute atomic E-state index is 12.4. The number of hydrogen-bond donors (Lipinski definition) is 3. The van der Waals surface area contributed by atoms with E-state index in [-0.39, 0.29) is 24.1 Å². The smallest absolute Gasteiger partial charge is 0.411 e. The minimum absolute atomic E-state index is 0.0315. The topological polar surface area (TPSA) is 118 Å². The summed E-state index contributed by atoms with van der Waals surface area (Å²) < 4.78 is 5.51.